The lowest BCUT2D eigenvalue weighted by Crippen LogP contribution is -2.40. The zero-order valence-corrected chi connectivity index (χ0v) is 16.3. The second-order valence-electron chi connectivity index (χ2n) is 7.08. The zero-order valence-electron chi connectivity index (χ0n) is 15.5. The summed E-state index contributed by atoms with van der Waals surface area (Å²) >= 11 is 1.53. The molecule has 27 heavy (non-hydrogen) atoms. The van der Waals surface area contributed by atoms with Gasteiger partial charge in [0.15, 0.2) is 0 Å². The Morgan fingerprint density at radius 1 is 1.04 bits per heavy atom. The van der Waals surface area contributed by atoms with E-state index in [9.17, 15) is 9.59 Å². The Balaban J connectivity index is 1.53. The molecule has 0 spiro atoms. The maximum atomic E-state index is 13.1. The molecule has 1 unspecified atom stereocenters. The highest BCUT2D eigenvalue weighted by Crippen LogP contribution is 2.37. The number of morpholine rings is 1. The van der Waals surface area contributed by atoms with Crippen molar-refractivity contribution in [2.75, 3.05) is 32.8 Å². The molecule has 0 N–H and O–H groups in total. The topological polar surface area (TPSA) is 49.9 Å². The zero-order chi connectivity index (χ0) is 18.8. The van der Waals surface area contributed by atoms with E-state index in [0.717, 1.165) is 40.3 Å². The molecule has 0 radical (unpaired) electrons. The lowest BCUT2D eigenvalue weighted by molar-refractivity contribution is 0.0306. The predicted molar refractivity (Wildman–Crippen MR) is 105 cm³/mol. The first kappa shape index (κ1) is 18.2. The second-order valence-corrected chi connectivity index (χ2v) is 8.19. The molecule has 0 saturated carbocycles. The Kier molecular flexibility index (Phi) is 5.27. The van der Waals surface area contributed by atoms with Gasteiger partial charge in [0.1, 0.15) is 0 Å². The van der Waals surface area contributed by atoms with Gasteiger partial charge in [-0.05, 0) is 43.5 Å². The van der Waals surface area contributed by atoms with Gasteiger partial charge < -0.3 is 14.5 Å². The van der Waals surface area contributed by atoms with Crippen molar-refractivity contribution in [1.29, 1.82) is 0 Å². The highest BCUT2D eigenvalue weighted by Gasteiger charge is 2.32. The van der Waals surface area contributed by atoms with Gasteiger partial charge in [-0.25, -0.2) is 0 Å². The minimum atomic E-state index is 0.0633. The van der Waals surface area contributed by atoms with Crippen molar-refractivity contribution in [3.63, 3.8) is 0 Å². The standard InChI is InChI=1S/C21H24N2O3S/c1-15-5-2-3-6-16(15)20(24)23-10-4-7-17(23)18-8-9-19(27-18)21(25)22-11-13-26-14-12-22/h2-3,5-6,8-9,17H,4,7,10-14H2,1H3. The Bertz CT molecular complexity index is 841. The van der Waals surface area contributed by atoms with Gasteiger partial charge in [-0.1, -0.05) is 18.2 Å². The lowest BCUT2D eigenvalue weighted by Gasteiger charge is -2.26. The van der Waals surface area contributed by atoms with E-state index in [1.807, 2.05) is 53.1 Å². The molecule has 2 aliphatic rings. The minimum Gasteiger partial charge on any atom is -0.378 e. The summed E-state index contributed by atoms with van der Waals surface area (Å²) in [4.78, 5) is 31.5. The molecule has 1 atom stereocenters. The molecule has 6 heteroatoms. The summed E-state index contributed by atoms with van der Waals surface area (Å²) in [6.45, 7) is 5.24. The van der Waals surface area contributed by atoms with Gasteiger partial charge >= 0.3 is 0 Å². The fraction of sp³-hybridized carbons (Fsp3) is 0.429. The number of hydrogen-bond acceptors (Lipinski definition) is 4. The van der Waals surface area contributed by atoms with E-state index in [0.29, 0.717) is 26.3 Å². The maximum Gasteiger partial charge on any atom is 0.264 e. The second kappa shape index (κ2) is 7.82. The molecule has 2 amide bonds. The third-order valence-electron chi connectivity index (χ3n) is 5.35. The number of benzene rings is 1. The summed E-state index contributed by atoms with van der Waals surface area (Å²) < 4.78 is 5.33. The maximum absolute atomic E-state index is 13.1. The van der Waals surface area contributed by atoms with E-state index in [1.54, 1.807) is 0 Å². The van der Waals surface area contributed by atoms with Crippen molar-refractivity contribution in [2.45, 2.75) is 25.8 Å². The van der Waals surface area contributed by atoms with E-state index >= 15 is 0 Å². The third kappa shape index (κ3) is 3.64. The molecule has 2 aliphatic heterocycles. The van der Waals surface area contributed by atoms with Crippen LogP contribution in [0.4, 0.5) is 0 Å². The Morgan fingerprint density at radius 3 is 2.59 bits per heavy atom. The molecule has 2 aromatic rings. The van der Waals surface area contributed by atoms with Crippen LogP contribution in [0, 0.1) is 6.92 Å². The number of ether oxygens (including phenoxy) is 1. The van der Waals surface area contributed by atoms with E-state index in [1.165, 1.54) is 11.3 Å². The smallest absolute Gasteiger partial charge is 0.264 e. The summed E-state index contributed by atoms with van der Waals surface area (Å²) in [6.07, 6.45) is 1.94. The van der Waals surface area contributed by atoms with Gasteiger partial charge in [-0.3, -0.25) is 9.59 Å². The third-order valence-corrected chi connectivity index (χ3v) is 6.53. The van der Waals surface area contributed by atoms with Crippen molar-refractivity contribution in [3.05, 3.63) is 57.3 Å². The van der Waals surface area contributed by atoms with Crippen LogP contribution in [0.5, 0.6) is 0 Å². The number of carbonyl (C=O) groups excluding carboxylic acids is 2. The number of thiophene rings is 1. The van der Waals surface area contributed by atoms with Crippen LogP contribution < -0.4 is 0 Å². The average molecular weight is 385 g/mol. The molecule has 142 valence electrons. The number of hydrogen-bond donors (Lipinski definition) is 0. The SMILES string of the molecule is Cc1ccccc1C(=O)N1CCCC1c1ccc(C(=O)N2CCOCC2)s1. The highest BCUT2D eigenvalue weighted by molar-refractivity contribution is 7.14. The largest absolute Gasteiger partial charge is 0.378 e. The van der Waals surface area contributed by atoms with E-state index < -0.39 is 0 Å². The van der Waals surface area contributed by atoms with Crippen LogP contribution in [0.2, 0.25) is 0 Å². The first-order chi connectivity index (χ1) is 13.1. The minimum absolute atomic E-state index is 0.0633. The van der Waals surface area contributed by atoms with Crippen LogP contribution in [0.15, 0.2) is 36.4 Å². The number of nitrogens with zero attached hydrogens (tertiary/aromatic N) is 2. The van der Waals surface area contributed by atoms with Crippen molar-refractivity contribution in [3.8, 4) is 0 Å². The lowest BCUT2D eigenvalue weighted by atomic mass is 10.1. The molecule has 0 aliphatic carbocycles. The van der Waals surface area contributed by atoms with E-state index in [4.69, 9.17) is 4.74 Å². The van der Waals surface area contributed by atoms with Crippen molar-refractivity contribution < 1.29 is 14.3 Å². The molecular weight excluding hydrogens is 360 g/mol. The Morgan fingerprint density at radius 2 is 1.81 bits per heavy atom. The van der Waals surface area contributed by atoms with Crippen LogP contribution >= 0.6 is 11.3 Å². The highest BCUT2D eigenvalue weighted by atomic mass is 32.1. The summed E-state index contributed by atoms with van der Waals surface area (Å²) in [5.41, 5.74) is 1.77. The molecular formula is C21H24N2O3S. The molecule has 0 bridgehead atoms. The number of likely N-dealkylation sites (tertiary alicyclic amines) is 1. The summed E-state index contributed by atoms with van der Waals surface area (Å²) in [7, 11) is 0. The fourth-order valence-electron chi connectivity index (χ4n) is 3.84. The van der Waals surface area contributed by atoms with E-state index in [-0.39, 0.29) is 17.9 Å². The molecule has 1 aromatic carbocycles. The van der Waals surface area contributed by atoms with Crippen LogP contribution in [-0.2, 0) is 4.74 Å². The van der Waals surface area contributed by atoms with Gasteiger partial charge in [-0.2, -0.15) is 0 Å². The number of rotatable bonds is 3. The number of carbonyl (C=O) groups is 2. The molecule has 2 saturated heterocycles. The molecule has 4 rings (SSSR count). The summed E-state index contributed by atoms with van der Waals surface area (Å²) in [6, 6.07) is 11.7. The molecule has 1 aromatic heterocycles. The number of aryl methyl sites for hydroxylation is 1. The van der Waals surface area contributed by atoms with Gasteiger partial charge in [0.05, 0.1) is 24.1 Å². The Hall–Kier alpha value is -2.18. The van der Waals surface area contributed by atoms with Gasteiger partial charge in [0.25, 0.3) is 11.8 Å². The first-order valence-corrected chi connectivity index (χ1v) is 10.3. The molecule has 2 fully saturated rings. The van der Waals surface area contributed by atoms with Crippen LogP contribution in [0.25, 0.3) is 0 Å². The fourth-order valence-corrected chi connectivity index (χ4v) is 4.97. The molecule has 5 nitrogen and oxygen atoms in total. The van der Waals surface area contributed by atoms with Gasteiger partial charge in [-0.15, -0.1) is 11.3 Å². The van der Waals surface area contributed by atoms with Crippen molar-refractivity contribution in [1.82, 2.24) is 9.80 Å². The van der Waals surface area contributed by atoms with E-state index in [2.05, 4.69) is 0 Å². The summed E-state index contributed by atoms with van der Waals surface area (Å²) in [5.74, 6) is 0.161. The Labute approximate surface area is 163 Å². The monoisotopic (exact) mass is 384 g/mol. The van der Waals surface area contributed by atoms with Crippen molar-refractivity contribution >= 4 is 23.2 Å². The predicted octanol–water partition coefficient (Wildman–Crippen LogP) is 3.51. The average Bonchev–Trinajstić information content (AvgIpc) is 3.37. The number of amides is 2. The van der Waals surface area contributed by atoms with Crippen molar-refractivity contribution in [2.24, 2.45) is 0 Å². The molecule has 3 heterocycles. The van der Waals surface area contributed by atoms with Gasteiger partial charge in [0.2, 0.25) is 0 Å². The normalized spacial score (nSPS) is 20.1. The van der Waals surface area contributed by atoms with Crippen LogP contribution in [0.1, 0.15) is 49.4 Å². The van der Waals surface area contributed by atoms with Crippen LogP contribution in [0.3, 0.4) is 0 Å². The van der Waals surface area contributed by atoms with Gasteiger partial charge in [0, 0.05) is 30.1 Å². The first-order valence-electron chi connectivity index (χ1n) is 9.48. The van der Waals surface area contributed by atoms with Crippen LogP contribution in [-0.4, -0.2) is 54.5 Å². The summed E-state index contributed by atoms with van der Waals surface area (Å²) in [5, 5.41) is 0. The quantitative estimate of drug-likeness (QED) is 0.814.